The minimum Gasteiger partial charge on any atom is -0.477 e. The van der Waals surface area contributed by atoms with Gasteiger partial charge in [0.1, 0.15) is 5.69 Å². The second-order valence-electron chi connectivity index (χ2n) is 7.37. The highest BCUT2D eigenvalue weighted by Gasteiger charge is 2.33. The maximum Gasteiger partial charge on any atom is 0.433 e. The Morgan fingerprint density at radius 3 is 2.55 bits per heavy atom. The van der Waals surface area contributed by atoms with Gasteiger partial charge in [-0.2, -0.15) is 13.2 Å². The van der Waals surface area contributed by atoms with Crippen molar-refractivity contribution < 1.29 is 31.1 Å². The average Bonchev–Trinajstić information content (AvgIpc) is 2.71. The number of nitrogens with one attached hydrogen (secondary N) is 2. The Labute approximate surface area is 191 Å². The number of unbranched alkanes of at least 4 members (excludes halogenated alkanes) is 1. The lowest BCUT2D eigenvalue weighted by molar-refractivity contribution is -0.141. The molecule has 1 aromatic heterocycles. The van der Waals surface area contributed by atoms with Crippen LogP contribution in [0.1, 0.15) is 42.1 Å². The summed E-state index contributed by atoms with van der Waals surface area (Å²) >= 11 is 0. The van der Waals surface area contributed by atoms with E-state index in [2.05, 4.69) is 15.0 Å². The highest BCUT2D eigenvalue weighted by molar-refractivity contribution is 7.92. The van der Waals surface area contributed by atoms with Crippen LogP contribution in [0.5, 0.6) is 5.88 Å². The molecule has 1 aromatic carbocycles. The molecule has 0 spiro atoms. The number of ether oxygens (including phenoxy) is 1. The molecule has 2 N–H and O–H groups in total. The highest BCUT2D eigenvalue weighted by Crippen LogP contribution is 2.30. The number of carbonyl (C=O) groups excluding carboxylic acids is 1. The fraction of sp³-hybridized carbons (Fsp3) is 0.364. The monoisotopic (exact) mass is 485 g/mol. The number of aryl methyl sites for hydroxylation is 1. The predicted octanol–water partition coefficient (Wildman–Crippen LogP) is 4.29. The number of aromatic nitrogens is 1. The lowest BCUT2D eigenvalue weighted by atomic mass is 10.1. The summed E-state index contributed by atoms with van der Waals surface area (Å²) in [6.45, 7) is 4.04. The fourth-order valence-corrected chi connectivity index (χ4v) is 3.36. The number of nitrogens with zero attached hydrogens (tertiary/aromatic N) is 1. The summed E-state index contributed by atoms with van der Waals surface area (Å²) in [5, 5.41) is 2.67. The molecule has 180 valence electrons. The zero-order chi connectivity index (χ0) is 24.6. The van der Waals surface area contributed by atoms with Gasteiger partial charge in [0.15, 0.2) is 0 Å². The van der Waals surface area contributed by atoms with Crippen LogP contribution in [0.15, 0.2) is 36.4 Å². The number of benzene rings is 1. The van der Waals surface area contributed by atoms with Crippen LogP contribution in [-0.2, 0) is 27.5 Å². The first-order valence-corrected chi connectivity index (χ1v) is 12.0. The minimum absolute atomic E-state index is 0.175. The second kappa shape index (κ2) is 11.2. The first kappa shape index (κ1) is 26.2. The van der Waals surface area contributed by atoms with Gasteiger partial charge >= 0.3 is 6.18 Å². The van der Waals surface area contributed by atoms with Crippen molar-refractivity contribution in [2.75, 3.05) is 17.6 Å². The molecule has 0 aliphatic heterocycles. The van der Waals surface area contributed by atoms with E-state index in [0.717, 1.165) is 24.3 Å². The van der Waals surface area contributed by atoms with E-state index in [1.165, 1.54) is 18.2 Å². The van der Waals surface area contributed by atoms with Crippen molar-refractivity contribution in [3.05, 3.63) is 58.8 Å². The molecule has 0 aliphatic rings. The van der Waals surface area contributed by atoms with E-state index in [1.807, 2.05) is 6.92 Å². The van der Waals surface area contributed by atoms with Crippen LogP contribution in [0.25, 0.3) is 6.08 Å². The van der Waals surface area contributed by atoms with Crippen molar-refractivity contribution in [2.24, 2.45) is 0 Å². The Morgan fingerprint density at radius 1 is 1.21 bits per heavy atom. The van der Waals surface area contributed by atoms with E-state index < -0.39 is 27.8 Å². The van der Waals surface area contributed by atoms with Crippen LogP contribution < -0.4 is 14.8 Å². The van der Waals surface area contributed by atoms with E-state index in [0.29, 0.717) is 17.7 Å². The quantitative estimate of drug-likeness (QED) is 0.387. The van der Waals surface area contributed by atoms with Crippen molar-refractivity contribution in [3.8, 4) is 5.88 Å². The summed E-state index contributed by atoms with van der Waals surface area (Å²) < 4.78 is 69.4. The first-order chi connectivity index (χ1) is 15.4. The number of amides is 1. The summed E-state index contributed by atoms with van der Waals surface area (Å²) in [6.07, 6.45) is 0.431. The van der Waals surface area contributed by atoms with Gasteiger partial charge in [-0.05, 0) is 48.7 Å². The molecule has 0 aliphatic carbocycles. The smallest absolute Gasteiger partial charge is 0.433 e. The molecule has 7 nitrogen and oxygen atoms in total. The standard InChI is InChI=1S/C22H26F3N3O4S/c1-4-5-12-32-21-17(7-10-19(27-21)22(23,24)25)8-11-20(29)26-14-16-6-9-18(15(2)13-16)28-33(3,30)31/h6-11,13,28H,4-5,12,14H2,1-3H3,(H,26,29)/b11-8+. The lowest BCUT2D eigenvalue weighted by Crippen LogP contribution is -2.20. The molecule has 0 fully saturated rings. The predicted molar refractivity (Wildman–Crippen MR) is 120 cm³/mol. The van der Waals surface area contributed by atoms with Crippen molar-refractivity contribution in [1.82, 2.24) is 10.3 Å². The average molecular weight is 486 g/mol. The number of alkyl halides is 3. The van der Waals surface area contributed by atoms with Crippen molar-refractivity contribution in [2.45, 2.75) is 39.4 Å². The van der Waals surface area contributed by atoms with Crippen molar-refractivity contribution in [1.29, 1.82) is 0 Å². The molecule has 0 unspecified atom stereocenters. The summed E-state index contributed by atoms with van der Waals surface area (Å²) in [5.74, 6) is -0.655. The third-order valence-electron chi connectivity index (χ3n) is 4.38. The van der Waals surface area contributed by atoms with Crippen LogP contribution in [0.4, 0.5) is 18.9 Å². The van der Waals surface area contributed by atoms with Gasteiger partial charge in [0.25, 0.3) is 0 Å². The molecule has 2 aromatic rings. The number of rotatable bonds is 10. The van der Waals surface area contributed by atoms with E-state index >= 15 is 0 Å². The highest BCUT2D eigenvalue weighted by atomic mass is 32.2. The molecular formula is C22H26F3N3O4S. The molecule has 0 atom stereocenters. The summed E-state index contributed by atoms with van der Waals surface area (Å²) in [7, 11) is -3.40. The van der Waals surface area contributed by atoms with Crippen LogP contribution in [0, 0.1) is 6.92 Å². The van der Waals surface area contributed by atoms with Crippen LogP contribution in [0.2, 0.25) is 0 Å². The summed E-state index contributed by atoms with van der Waals surface area (Å²) in [6, 6.07) is 7.04. The first-order valence-electron chi connectivity index (χ1n) is 10.1. The lowest BCUT2D eigenvalue weighted by Gasteiger charge is -2.12. The number of sulfonamides is 1. The fourth-order valence-electron chi connectivity index (χ4n) is 2.73. The largest absolute Gasteiger partial charge is 0.477 e. The Morgan fingerprint density at radius 2 is 1.94 bits per heavy atom. The van der Waals surface area contributed by atoms with Crippen molar-refractivity contribution in [3.63, 3.8) is 0 Å². The Kier molecular flexibility index (Phi) is 8.86. The van der Waals surface area contributed by atoms with Gasteiger partial charge in [-0.3, -0.25) is 9.52 Å². The van der Waals surface area contributed by atoms with Crippen LogP contribution in [-0.4, -0.2) is 32.2 Å². The number of anilines is 1. The maximum atomic E-state index is 13.0. The van der Waals surface area contributed by atoms with E-state index in [-0.39, 0.29) is 24.6 Å². The molecule has 0 radical (unpaired) electrons. The van der Waals surface area contributed by atoms with Gasteiger partial charge in [0.2, 0.25) is 21.8 Å². The zero-order valence-corrected chi connectivity index (χ0v) is 19.3. The molecule has 11 heteroatoms. The van der Waals surface area contributed by atoms with Crippen LogP contribution >= 0.6 is 0 Å². The number of hydrogen-bond donors (Lipinski definition) is 2. The number of pyridine rings is 1. The molecule has 1 amide bonds. The zero-order valence-electron chi connectivity index (χ0n) is 18.5. The molecule has 0 bridgehead atoms. The Hall–Kier alpha value is -3.08. The molecule has 0 saturated heterocycles. The van der Waals surface area contributed by atoms with Gasteiger partial charge in [0, 0.05) is 18.2 Å². The number of hydrogen-bond acceptors (Lipinski definition) is 5. The SMILES string of the molecule is CCCCOc1nc(C(F)(F)F)ccc1/C=C/C(=O)NCc1ccc(NS(C)(=O)=O)c(C)c1. The van der Waals surface area contributed by atoms with E-state index in [1.54, 1.807) is 25.1 Å². The molecule has 2 rings (SSSR count). The van der Waals surface area contributed by atoms with E-state index in [4.69, 9.17) is 4.74 Å². The Balaban J connectivity index is 2.06. The van der Waals surface area contributed by atoms with Crippen LogP contribution in [0.3, 0.4) is 0 Å². The number of halogens is 3. The normalized spacial score (nSPS) is 12.1. The summed E-state index contributed by atoms with van der Waals surface area (Å²) in [4.78, 5) is 15.7. The van der Waals surface area contributed by atoms with Gasteiger partial charge in [0.05, 0.1) is 18.6 Å². The minimum atomic E-state index is -4.60. The van der Waals surface area contributed by atoms with Gasteiger partial charge < -0.3 is 10.1 Å². The second-order valence-corrected chi connectivity index (χ2v) is 9.11. The Bertz CT molecular complexity index is 1120. The number of carbonyl (C=O) groups is 1. The van der Waals surface area contributed by atoms with Crippen molar-refractivity contribution >= 4 is 27.7 Å². The topological polar surface area (TPSA) is 97.4 Å². The molecule has 33 heavy (non-hydrogen) atoms. The molecule has 0 saturated carbocycles. The van der Waals surface area contributed by atoms with Gasteiger partial charge in [-0.25, -0.2) is 13.4 Å². The third-order valence-corrected chi connectivity index (χ3v) is 4.97. The molecule has 1 heterocycles. The summed E-state index contributed by atoms with van der Waals surface area (Å²) in [5.41, 5.74) is 1.06. The third kappa shape index (κ3) is 8.76. The maximum absolute atomic E-state index is 13.0. The molecular weight excluding hydrogens is 459 g/mol. The van der Waals surface area contributed by atoms with E-state index in [9.17, 15) is 26.4 Å². The van der Waals surface area contributed by atoms with Gasteiger partial charge in [-0.1, -0.05) is 25.5 Å². The van der Waals surface area contributed by atoms with Gasteiger partial charge in [-0.15, -0.1) is 0 Å².